The molecule has 2 aromatic heterocycles. The second-order valence-electron chi connectivity index (χ2n) is 4.98. The van der Waals surface area contributed by atoms with E-state index in [0.29, 0.717) is 6.04 Å². The monoisotopic (exact) mass is 241 g/mol. The Morgan fingerprint density at radius 1 is 1.39 bits per heavy atom. The largest absolute Gasteiger partial charge is 0.352 e. The van der Waals surface area contributed by atoms with E-state index in [1.165, 1.54) is 0 Å². The summed E-state index contributed by atoms with van der Waals surface area (Å²) in [6, 6.07) is 4.57. The number of nitrogens with zero attached hydrogens (tertiary/aromatic N) is 5. The van der Waals surface area contributed by atoms with Crippen molar-refractivity contribution in [3.63, 3.8) is 0 Å². The number of fused-ring (bicyclic) bond motifs is 1. The minimum atomic E-state index is 0.137. The van der Waals surface area contributed by atoms with Crippen molar-refractivity contribution >= 4 is 16.9 Å². The van der Waals surface area contributed by atoms with Crippen LogP contribution in [0, 0.1) is 17.2 Å². The summed E-state index contributed by atoms with van der Waals surface area (Å²) in [6.45, 7) is 5.80. The molecule has 0 bridgehead atoms. The van der Waals surface area contributed by atoms with Crippen LogP contribution in [0.25, 0.3) is 11.0 Å². The van der Waals surface area contributed by atoms with E-state index in [1.807, 2.05) is 12.4 Å². The lowest BCUT2D eigenvalue weighted by Gasteiger charge is -2.36. The summed E-state index contributed by atoms with van der Waals surface area (Å²) in [5.41, 5.74) is 2.04. The van der Waals surface area contributed by atoms with Crippen LogP contribution in [0.2, 0.25) is 0 Å². The van der Waals surface area contributed by atoms with E-state index < -0.39 is 0 Å². The molecule has 1 aliphatic heterocycles. The third-order valence-corrected chi connectivity index (χ3v) is 3.38. The third kappa shape index (κ3) is 1.53. The number of imidazole rings is 1. The number of anilines is 1. The SMILES string of the molecule is CC(C)n1cnc2ccnc(N3CC(C#N)C3)c21. The molecule has 18 heavy (non-hydrogen) atoms. The molecule has 0 aliphatic carbocycles. The Kier molecular flexibility index (Phi) is 2.44. The molecule has 0 radical (unpaired) electrons. The zero-order chi connectivity index (χ0) is 12.7. The van der Waals surface area contributed by atoms with Gasteiger partial charge in [0.05, 0.1) is 23.8 Å². The van der Waals surface area contributed by atoms with Crippen LogP contribution in [0.1, 0.15) is 19.9 Å². The van der Waals surface area contributed by atoms with Gasteiger partial charge >= 0.3 is 0 Å². The molecule has 0 amide bonds. The van der Waals surface area contributed by atoms with Crippen LogP contribution in [-0.2, 0) is 0 Å². The lowest BCUT2D eigenvalue weighted by Crippen LogP contribution is -2.46. The Hall–Kier alpha value is -2.09. The van der Waals surface area contributed by atoms with Crippen LogP contribution >= 0.6 is 0 Å². The minimum absolute atomic E-state index is 0.137. The summed E-state index contributed by atoms with van der Waals surface area (Å²) in [5, 5.41) is 8.85. The maximum atomic E-state index is 8.85. The summed E-state index contributed by atoms with van der Waals surface area (Å²) in [7, 11) is 0. The predicted octanol–water partition coefficient (Wildman–Crippen LogP) is 1.97. The minimum Gasteiger partial charge on any atom is -0.352 e. The van der Waals surface area contributed by atoms with Gasteiger partial charge in [-0.2, -0.15) is 5.26 Å². The fourth-order valence-corrected chi connectivity index (χ4v) is 2.32. The zero-order valence-corrected chi connectivity index (χ0v) is 10.5. The van der Waals surface area contributed by atoms with E-state index in [2.05, 4.69) is 39.4 Å². The third-order valence-electron chi connectivity index (χ3n) is 3.38. The maximum Gasteiger partial charge on any atom is 0.154 e. The van der Waals surface area contributed by atoms with Gasteiger partial charge in [-0.15, -0.1) is 0 Å². The molecule has 0 N–H and O–H groups in total. The van der Waals surface area contributed by atoms with Gasteiger partial charge in [-0.05, 0) is 19.9 Å². The van der Waals surface area contributed by atoms with Crippen LogP contribution in [-0.4, -0.2) is 27.6 Å². The highest BCUT2D eigenvalue weighted by molar-refractivity contribution is 5.87. The standard InChI is InChI=1S/C13H15N5/c1-9(2)18-8-16-11-3-4-15-13(12(11)18)17-6-10(5-14)7-17/h3-4,8-10H,6-7H2,1-2H3. The number of hydrogen-bond acceptors (Lipinski definition) is 4. The van der Waals surface area contributed by atoms with Gasteiger partial charge in [0.1, 0.15) is 5.52 Å². The van der Waals surface area contributed by atoms with E-state index in [1.54, 1.807) is 6.20 Å². The van der Waals surface area contributed by atoms with E-state index in [9.17, 15) is 0 Å². The Morgan fingerprint density at radius 2 is 2.17 bits per heavy atom. The molecule has 0 aromatic carbocycles. The number of rotatable bonds is 2. The van der Waals surface area contributed by atoms with E-state index >= 15 is 0 Å². The molecule has 1 fully saturated rings. The summed E-state index contributed by atoms with van der Waals surface area (Å²) in [4.78, 5) is 11.0. The highest BCUT2D eigenvalue weighted by Gasteiger charge is 2.29. The van der Waals surface area contributed by atoms with Gasteiger partial charge in [-0.25, -0.2) is 9.97 Å². The van der Waals surface area contributed by atoms with Gasteiger partial charge < -0.3 is 9.47 Å². The van der Waals surface area contributed by atoms with Crippen LogP contribution in [0.3, 0.4) is 0 Å². The summed E-state index contributed by atoms with van der Waals surface area (Å²) >= 11 is 0. The molecule has 5 heteroatoms. The van der Waals surface area contributed by atoms with Crippen molar-refractivity contribution in [2.24, 2.45) is 5.92 Å². The van der Waals surface area contributed by atoms with Gasteiger partial charge in [-0.3, -0.25) is 0 Å². The normalized spacial score (nSPS) is 16.0. The molecule has 0 unspecified atom stereocenters. The average molecular weight is 241 g/mol. The van der Waals surface area contributed by atoms with E-state index in [0.717, 1.165) is 29.9 Å². The van der Waals surface area contributed by atoms with E-state index in [4.69, 9.17) is 5.26 Å². The molecule has 3 rings (SSSR count). The molecule has 5 nitrogen and oxygen atoms in total. The van der Waals surface area contributed by atoms with Crippen LogP contribution in [0.4, 0.5) is 5.82 Å². The molecule has 92 valence electrons. The fraction of sp³-hybridized carbons (Fsp3) is 0.462. The Bertz CT molecular complexity index is 616. The first-order valence-corrected chi connectivity index (χ1v) is 6.17. The second-order valence-corrected chi connectivity index (χ2v) is 4.98. The Balaban J connectivity index is 2.07. The van der Waals surface area contributed by atoms with Crippen molar-refractivity contribution in [1.29, 1.82) is 5.26 Å². The summed E-state index contributed by atoms with van der Waals surface area (Å²) in [6.07, 6.45) is 3.65. The molecule has 1 aliphatic rings. The van der Waals surface area contributed by atoms with Gasteiger partial charge in [0.25, 0.3) is 0 Å². The molecule has 0 spiro atoms. The van der Waals surface area contributed by atoms with Crippen LogP contribution in [0.15, 0.2) is 18.6 Å². The van der Waals surface area contributed by atoms with Gasteiger partial charge in [0.2, 0.25) is 0 Å². The van der Waals surface area contributed by atoms with Gasteiger partial charge in [0.15, 0.2) is 5.82 Å². The molecule has 1 saturated heterocycles. The molecule has 0 atom stereocenters. The predicted molar refractivity (Wildman–Crippen MR) is 69.2 cm³/mol. The molecule has 0 saturated carbocycles. The van der Waals surface area contributed by atoms with E-state index in [-0.39, 0.29) is 5.92 Å². The molecule has 2 aromatic rings. The Labute approximate surface area is 106 Å². The highest BCUT2D eigenvalue weighted by Crippen LogP contribution is 2.30. The van der Waals surface area contributed by atoms with Crippen molar-refractivity contribution < 1.29 is 0 Å². The second kappa shape index (κ2) is 3.98. The van der Waals surface area contributed by atoms with Crippen molar-refractivity contribution in [2.45, 2.75) is 19.9 Å². The highest BCUT2D eigenvalue weighted by atomic mass is 15.3. The number of aromatic nitrogens is 3. The first-order chi connectivity index (χ1) is 8.70. The van der Waals surface area contributed by atoms with Gasteiger partial charge in [0, 0.05) is 25.3 Å². The number of pyridine rings is 1. The van der Waals surface area contributed by atoms with Crippen molar-refractivity contribution in [3.05, 3.63) is 18.6 Å². The lowest BCUT2D eigenvalue weighted by molar-refractivity contribution is 0.499. The summed E-state index contributed by atoms with van der Waals surface area (Å²) < 4.78 is 2.14. The average Bonchev–Trinajstić information content (AvgIpc) is 2.72. The number of hydrogen-bond donors (Lipinski definition) is 0. The topological polar surface area (TPSA) is 57.7 Å². The van der Waals surface area contributed by atoms with Crippen LogP contribution < -0.4 is 4.90 Å². The first-order valence-electron chi connectivity index (χ1n) is 6.17. The molecular weight excluding hydrogens is 226 g/mol. The molecular formula is C13H15N5. The summed E-state index contributed by atoms with van der Waals surface area (Å²) in [5.74, 6) is 1.09. The fourth-order valence-electron chi connectivity index (χ4n) is 2.32. The first kappa shape index (κ1) is 11.0. The van der Waals surface area contributed by atoms with Crippen molar-refractivity contribution in [2.75, 3.05) is 18.0 Å². The van der Waals surface area contributed by atoms with Crippen molar-refractivity contribution in [3.8, 4) is 6.07 Å². The maximum absolute atomic E-state index is 8.85. The smallest absolute Gasteiger partial charge is 0.154 e. The molecule has 3 heterocycles. The lowest BCUT2D eigenvalue weighted by atomic mass is 10.0. The number of nitriles is 1. The Morgan fingerprint density at radius 3 is 2.83 bits per heavy atom. The van der Waals surface area contributed by atoms with Crippen LogP contribution in [0.5, 0.6) is 0 Å². The van der Waals surface area contributed by atoms with Gasteiger partial charge in [-0.1, -0.05) is 0 Å². The van der Waals surface area contributed by atoms with Crippen molar-refractivity contribution in [1.82, 2.24) is 14.5 Å². The quantitative estimate of drug-likeness (QED) is 0.806. The zero-order valence-electron chi connectivity index (χ0n) is 10.5.